The molecule has 0 bridgehead atoms. The van der Waals surface area contributed by atoms with Gasteiger partial charge in [0.15, 0.2) is 0 Å². The second kappa shape index (κ2) is 6.92. The van der Waals surface area contributed by atoms with Crippen LogP contribution in [0.15, 0.2) is 39.0 Å². The Balaban J connectivity index is 2.51. The van der Waals surface area contributed by atoms with Crippen LogP contribution in [0.25, 0.3) is 5.69 Å². The lowest BCUT2D eigenvalue weighted by molar-refractivity contribution is 0.294. The van der Waals surface area contributed by atoms with Gasteiger partial charge in [-0.3, -0.25) is 9.78 Å². The maximum atomic E-state index is 11.9. The zero-order chi connectivity index (χ0) is 16.1. The summed E-state index contributed by atoms with van der Waals surface area (Å²) >= 11 is 5.78. The highest BCUT2D eigenvalue weighted by molar-refractivity contribution is 6.30. The molecule has 1 aromatic heterocycles. The number of halogens is 1. The van der Waals surface area contributed by atoms with Crippen molar-refractivity contribution < 1.29 is 10.2 Å². The monoisotopic (exact) mass is 324 g/mol. The smallest absolute Gasteiger partial charge is 0.335 e. The van der Waals surface area contributed by atoms with E-state index < -0.39 is 17.1 Å². The summed E-state index contributed by atoms with van der Waals surface area (Å²) in [5, 5.41) is 22.9. The van der Waals surface area contributed by atoms with Crippen molar-refractivity contribution in [2.24, 2.45) is 5.10 Å². The highest BCUT2D eigenvalue weighted by atomic mass is 35.5. The van der Waals surface area contributed by atoms with Crippen molar-refractivity contribution in [1.29, 1.82) is 0 Å². The van der Waals surface area contributed by atoms with Gasteiger partial charge in [-0.15, -0.1) is 0 Å². The average Bonchev–Trinajstić information content (AvgIpc) is 2.48. The van der Waals surface area contributed by atoms with E-state index in [1.54, 1.807) is 12.1 Å². The molecule has 0 fully saturated rings. The number of H-pyrrole nitrogens is 1. The molecule has 116 valence electrons. The molecule has 0 saturated heterocycles. The van der Waals surface area contributed by atoms with Gasteiger partial charge in [0.05, 0.1) is 25.1 Å². The van der Waals surface area contributed by atoms with Crippen molar-refractivity contribution in [2.75, 3.05) is 13.2 Å². The van der Waals surface area contributed by atoms with Crippen LogP contribution in [0.1, 0.15) is 5.56 Å². The lowest BCUT2D eigenvalue weighted by atomic mass is 10.3. The lowest BCUT2D eigenvalue weighted by Gasteiger charge is -2.09. The van der Waals surface area contributed by atoms with Crippen LogP contribution >= 0.6 is 11.6 Å². The largest absolute Gasteiger partial charge is 0.493 e. The van der Waals surface area contributed by atoms with E-state index in [4.69, 9.17) is 16.7 Å². The lowest BCUT2D eigenvalue weighted by Crippen LogP contribution is -2.31. The maximum absolute atomic E-state index is 11.9. The Hall–Kier alpha value is -2.58. The summed E-state index contributed by atoms with van der Waals surface area (Å²) < 4.78 is 0.922. The topological polar surface area (TPSA) is 120 Å². The molecule has 2 aromatic rings. The zero-order valence-electron chi connectivity index (χ0n) is 11.3. The van der Waals surface area contributed by atoms with Crippen molar-refractivity contribution in [2.45, 2.75) is 0 Å². The molecule has 0 radical (unpaired) electrons. The van der Waals surface area contributed by atoms with Gasteiger partial charge in [0, 0.05) is 5.02 Å². The summed E-state index contributed by atoms with van der Waals surface area (Å²) in [5.41, 5.74) is 1.05. The SMILES string of the molecule is O=c1[nH]c(=O)n(-c2ccc(Cl)cc2)c(O)c1/C=N/NCCO. The van der Waals surface area contributed by atoms with Crippen LogP contribution < -0.4 is 16.7 Å². The number of benzene rings is 1. The third kappa shape index (κ3) is 3.35. The first-order valence-electron chi connectivity index (χ1n) is 6.25. The third-order valence-electron chi connectivity index (χ3n) is 2.71. The maximum Gasteiger partial charge on any atom is 0.335 e. The average molecular weight is 325 g/mol. The van der Waals surface area contributed by atoms with Gasteiger partial charge in [-0.2, -0.15) is 5.10 Å². The van der Waals surface area contributed by atoms with Gasteiger partial charge in [0.2, 0.25) is 5.88 Å². The van der Waals surface area contributed by atoms with Crippen LogP contribution in [0, 0.1) is 0 Å². The van der Waals surface area contributed by atoms with Gasteiger partial charge in [-0.05, 0) is 24.3 Å². The van der Waals surface area contributed by atoms with Crippen LogP contribution in [0.3, 0.4) is 0 Å². The van der Waals surface area contributed by atoms with Gasteiger partial charge >= 0.3 is 5.69 Å². The Labute approximate surface area is 129 Å². The molecular formula is C13H13ClN4O4. The number of aliphatic hydroxyl groups is 1. The van der Waals surface area contributed by atoms with Crippen LogP contribution in [0.5, 0.6) is 5.88 Å². The molecule has 8 nitrogen and oxygen atoms in total. The fourth-order valence-corrected chi connectivity index (χ4v) is 1.84. The minimum Gasteiger partial charge on any atom is -0.493 e. The fourth-order valence-electron chi connectivity index (χ4n) is 1.71. The van der Waals surface area contributed by atoms with Crippen LogP contribution in [-0.2, 0) is 0 Å². The van der Waals surface area contributed by atoms with E-state index in [0.29, 0.717) is 10.7 Å². The Morgan fingerprint density at radius 3 is 2.64 bits per heavy atom. The molecule has 0 saturated carbocycles. The number of nitrogens with one attached hydrogen (secondary N) is 2. The first-order valence-corrected chi connectivity index (χ1v) is 6.63. The van der Waals surface area contributed by atoms with Crippen molar-refractivity contribution in [3.63, 3.8) is 0 Å². The number of hydrazone groups is 1. The van der Waals surface area contributed by atoms with Gasteiger partial charge in [-0.1, -0.05) is 11.6 Å². The van der Waals surface area contributed by atoms with Gasteiger partial charge < -0.3 is 15.6 Å². The summed E-state index contributed by atoms with van der Waals surface area (Å²) in [6.07, 6.45) is 1.07. The van der Waals surface area contributed by atoms with E-state index in [1.807, 2.05) is 0 Å². The van der Waals surface area contributed by atoms with E-state index >= 15 is 0 Å². The molecule has 0 aliphatic heterocycles. The first kappa shape index (κ1) is 15.8. The number of aromatic amines is 1. The standard InChI is InChI=1S/C13H13ClN4O4/c14-8-1-3-9(4-2-8)18-12(21)10(7-16-15-5-6-19)11(20)17-13(18)22/h1-4,7,15,19,21H,5-6H2,(H,17,20,22)/b16-7+. The molecule has 22 heavy (non-hydrogen) atoms. The summed E-state index contributed by atoms with van der Waals surface area (Å²) in [6.45, 7) is 0.0515. The van der Waals surface area contributed by atoms with E-state index in [1.165, 1.54) is 12.1 Å². The van der Waals surface area contributed by atoms with Gasteiger partial charge in [0.25, 0.3) is 5.56 Å². The Bertz CT molecular complexity index is 795. The number of hydrogen-bond donors (Lipinski definition) is 4. The zero-order valence-corrected chi connectivity index (χ0v) is 12.0. The van der Waals surface area contributed by atoms with Crippen molar-refractivity contribution in [3.05, 3.63) is 55.7 Å². The molecule has 4 N–H and O–H groups in total. The Kier molecular flexibility index (Phi) is 4.97. The number of hydrogen-bond acceptors (Lipinski definition) is 6. The van der Waals surface area contributed by atoms with Crippen molar-refractivity contribution in [3.8, 4) is 11.6 Å². The number of aromatic hydroxyl groups is 1. The number of rotatable bonds is 5. The number of aromatic nitrogens is 2. The molecule has 1 aromatic carbocycles. The highest BCUT2D eigenvalue weighted by Crippen LogP contribution is 2.17. The molecular weight excluding hydrogens is 312 g/mol. The molecule has 0 unspecified atom stereocenters. The number of aliphatic hydroxyl groups excluding tert-OH is 1. The molecule has 2 rings (SSSR count). The summed E-state index contributed by atoms with van der Waals surface area (Å²) in [4.78, 5) is 25.7. The fraction of sp³-hybridized carbons (Fsp3) is 0.154. The Morgan fingerprint density at radius 2 is 2.00 bits per heavy atom. The minimum atomic E-state index is -0.787. The molecule has 9 heteroatoms. The van der Waals surface area contributed by atoms with E-state index in [2.05, 4.69) is 15.5 Å². The minimum absolute atomic E-state index is 0.135. The second-order valence-electron chi connectivity index (χ2n) is 4.20. The van der Waals surface area contributed by atoms with Gasteiger partial charge in [0.1, 0.15) is 5.56 Å². The molecule has 0 aliphatic rings. The Morgan fingerprint density at radius 1 is 1.32 bits per heavy atom. The van der Waals surface area contributed by atoms with Crippen LogP contribution in [0.4, 0.5) is 0 Å². The quantitative estimate of drug-likeness (QED) is 0.345. The predicted molar refractivity (Wildman–Crippen MR) is 82.0 cm³/mol. The van der Waals surface area contributed by atoms with Crippen LogP contribution in [-0.4, -0.2) is 39.1 Å². The molecule has 0 spiro atoms. The summed E-state index contributed by atoms with van der Waals surface area (Å²) in [6, 6.07) is 6.13. The van der Waals surface area contributed by atoms with Gasteiger partial charge in [-0.25, -0.2) is 9.36 Å². The normalized spacial score (nSPS) is 11.0. The second-order valence-corrected chi connectivity index (χ2v) is 4.63. The molecule has 1 heterocycles. The first-order chi connectivity index (χ1) is 10.5. The summed E-state index contributed by atoms with van der Waals surface area (Å²) in [7, 11) is 0. The third-order valence-corrected chi connectivity index (χ3v) is 2.97. The molecule has 0 amide bonds. The van der Waals surface area contributed by atoms with E-state index in [-0.39, 0.29) is 18.7 Å². The number of nitrogens with zero attached hydrogens (tertiary/aromatic N) is 2. The van der Waals surface area contributed by atoms with E-state index in [0.717, 1.165) is 10.8 Å². The molecule has 0 aliphatic carbocycles. The van der Waals surface area contributed by atoms with Crippen LogP contribution in [0.2, 0.25) is 5.02 Å². The van der Waals surface area contributed by atoms with E-state index in [9.17, 15) is 14.7 Å². The summed E-state index contributed by atoms with van der Waals surface area (Å²) in [5.74, 6) is -0.550. The molecule has 0 atom stereocenters. The van der Waals surface area contributed by atoms with Crippen molar-refractivity contribution in [1.82, 2.24) is 15.0 Å². The highest BCUT2D eigenvalue weighted by Gasteiger charge is 2.14. The predicted octanol–water partition coefficient (Wildman–Crippen LogP) is -0.199. The van der Waals surface area contributed by atoms with Crippen molar-refractivity contribution >= 4 is 17.8 Å².